The third-order valence-corrected chi connectivity index (χ3v) is 6.91. The Morgan fingerprint density at radius 3 is 2.71 bits per heavy atom. The lowest BCUT2D eigenvalue weighted by Gasteiger charge is -2.54. The number of nitrogens with zero attached hydrogens (tertiary/aromatic N) is 1. The highest BCUT2D eigenvalue weighted by atomic mass is 16.3. The Morgan fingerprint density at radius 1 is 1.17 bits per heavy atom. The molecule has 0 spiro atoms. The van der Waals surface area contributed by atoms with E-state index in [4.69, 9.17) is 0 Å². The van der Waals surface area contributed by atoms with Gasteiger partial charge in [0.25, 0.3) is 0 Å². The molecule has 134 valence electrons. The second-order valence-corrected chi connectivity index (χ2v) is 8.37. The molecule has 2 heteroatoms. The summed E-state index contributed by atoms with van der Waals surface area (Å²) in [5.41, 5.74) is 3.10. The van der Waals surface area contributed by atoms with Crippen molar-refractivity contribution in [2.75, 3.05) is 13.1 Å². The highest BCUT2D eigenvalue weighted by Gasteiger charge is 2.48. The van der Waals surface area contributed by atoms with Crippen LogP contribution in [0.1, 0.15) is 76.8 Å². The normalized spacial score (nSPS) is 29.5. The highest BCUT2D eigenvalue weighted by molar-refractivity contribution is 5.44. The number of benzene rings is 1. The van der Waals surface area contributed by atoms with E-state index >= 15 is 0 Å². The van der Waals surface area contributed by atoms with Gasteiger partial charge in [-0.15, -0.1) is 0 Å². The Labute approximate surface area is 148 Å². The molecule has 0 radical (unpaired) electrons. The van der Waals surface area contributed by atoms with Gasteiger partial charge in [0.15, 0.2) is 0 Å². The number of hydrogen-bond donors (Lipinski definition) is 1. The van der Waals surface area contributed by atoms with Crippen molar-refractivity contribution in [3.63, 3.8) is 0 Å². The first-order valence-electron chi connectivity index (χ1n) is 10.1. The molecule has 1 fully saturated rings. The first kappa shape index (κ1) is 17.8. The summed E-state index contributed by atoms with van der Waals surface area (Å²) >= 11 is 0. The SMILES string of the molecule is CCCCCCCCN1CC[C@]2(C)c3cc(O)ccc3CC1[C@@H]2C. The number of unbranched alkanes of at least 4 members (excludes halogenated alkanes) is 5. The molecule has 1 heterocycles. The fraction of sp³-hybridized carbons (Fsp3) is 0.727. The van der Waals surface area contributed by atoms with E-state index in [1.54, 1.807) is 0 Å². The van der Waals surface area contributed by atoms with E-state index in [1.807, 2.05) is 12.1 Å². The van der Waals surface area contributed by atoms with Gasteiger partial charge in [-0.3, -0.25) is 4.90 Å². The third-order valence-electron chi connectivity index (χ3n) is 6.91. The topological polar surface area (TPSA) is 23.5 Å². The van der Waals surface area contributed by atoms with Gasteiger partial charge >= 0.3 is 0 Å². The molecular weight excluding hydrogens is 294 g/mol. The number of likely N-dealkylation sites (tertiary alicyclic amines) is 1. The number of phenols is 1. The van der Waals surface area contributed by atoms with Gasteiger partial charge in [-0.2, -0.15) is 0 Å². The van der Waals surface area contributed by atoms with Crippen LogP contribution in [-0.4, -0.2) is 29.1 Å². The Balaban J connectivity index is 1.64. The summed E-state index contributed by atoms with van der Waals surface area (Å²) in [6.07, 6.45) is 10.7. The Hall–Kier alpha value is -1.02. The Morgan fingerprint density at radius 2 is 1.92 bits per heavy atom. The summed E-state index contributed by atoms with van der Waals surface area (Å²) in [6.45, 7) is 9.63. The maximum Gasteiger partial charge on any atom is 0.115 e. The number of aromatic hydroxyl groups is 1. The van der Waals surface area contributed by atoms with Crippen LogP contribution in [0.5, 0.6) is 5.75 Å². The van der Waals surface area contributed by atoms with Crippen LogP contribution in [0.3, 0.4) is 0 Å². The average Bonchev–Trinajstić information content (AvgIpc) is 2.56. The van der Waals surface area contributed by atoms with Crippen molar-refractivity contribution in [1.29, 1.82) is 0 Å². The lowest BCUT2D eigenvalue weighted by Crippen LogP contribution is -2.58. The van der Waals surface area contributed by atoms with E-state index in [0.29, 0.717) is 17.7 Å². The number of phenolic OH excluding ortho intramolecular Hbond substituents is 1. The van der Waals surface area contributed by atoms with Crippen molar-refractivity contribution in [1.82, 2.24) is 4.90 Å². The second-order valence-electron chi connectivity index (χ2n) is 8.37. The van der Waals surface area contributed by atoms with Gasteiger partial charge in [0.2, 0.25) is 0 Å². The van der Waals surface area contributed by atoms with E-state index in [0.717, 1.165) is 6.42 Å². The van der Waals surface area contributed by atoms with Crippen LogP contribution in [0.25, 0.3) is 0 Å². The van der Waals surface area contributed by atoms with Crippen molar-refractivity contribution >= 4 is 0 Å². The number of piperidine rings is 1. The summed E-state index contributed by atoms with van der Waals surface area (Å²) in [7, 11) is 0. The minimum atomic E-state index is 0.231. The van der Waals surface area contributed by atoms with Gasteiger partial charge in [0, 0.05) is 6.04 Å². The van der Waals surface area contributed by atoms with Gasteiger partial charge in [-0.1, -0.05) is 58.9 Å². The standard InChI is InChI=1S/C22H35NO/c1-4-5-6-7-8-9-13-23-14-12-22(3)17(2)21(23)15-18-10-11-19(24)16-20(18)22/h10-11,16-17,21,24H,4-9,12-15H2,1-3H3/t17-,21?,22-/m0/s1. The average molecular weight is 330 g/mol. The van der Waals surface area contributed by atoms with E-state index in [2.05, 4.69) is 31.7 Å². The first-order valence-corrected chi connectivity index (χ1v) is 10.1. The van der Waals surface area contributed by atoms with Gasteiger partial charge < -0.3 is 5.11 Å². The molecule has 2 bridgehead atoms. The maximum absolute atomic E-state index is 9.93. The van der Waals surface area contributed by atoms with E-state index in [-0.39, 0.29) is 5.41 Å². The van der Waals surface area contributed by atoms with Gasteiger partial charge in [0.1, 0.15) is 5.75 Å². The first-order chi connectivity index (χ1) is 11.6. The monoisotopic (exact) mass is 329 g/mol. The molecule has 1 saturated heterocycles. The van der Waals surface area contributed by atoms with Crippen LogP contribution in [-0.2, 0) is 11.8 Å². The van der Waals surface area contributed by atoms with E-state index < -0.39 is 0 Å². The van der Waals surface area contributed by atoms with Crippen LogP contribution in [0.4, 0.5) is 0 Å². The van der Waals surface area contributed by atoms with Crippen LogP contribution < -0.4 is 0 Å². The second kappa shape index (κ2) is 7.47. The van der Waals surface area contributed by atoms with Gasteiger partial charge in [0.05, 0.1) is 0 Å². The Kier molecular flexibility index (Phi) is 5.54. The minimum absolute atomic E-state index is 0.231. The van der Waals surface area contributed by atoms with E-state index in [1.165, 1.54) is 69.2 Å². The largest absolute Gasteiger partial charge is 0.508 e. The lowest BCUT2D eigenvalue weighted by molar-refractivity contribution is 0.0302. The fourth-order valence-electron chi connectivity index (χ4n) is 5.07. The van der Waals surface area contributed by atoms with Crippen LogP contribution in [0.15, 0.2) is 18.2 Å². The van der Waals surface area contributed by atoms with Crippen molar-refractivity contribution in [2.45, 2.75) is 83.6 Å². The van der Waals surface area contributed by atoms with Crippen molar-refractivity contribution in [3.8, 4) is 5.75 Å². The molecule has 0 aromatic heterocycles. The highest BCUT2D eigenvalue weighted by Crippen LogP contribution is 2.49. The molecule has 1 aromatic rings. The summed E-state index contributed by atoms with van der Waals surface area (Å²) < 4.78 is 0. The quantitative estimate of drug-likeness (QED) is 0.688. The molecule has 2 nitrogen and oxygen atoms in total. The predicted molar refractivity (Wildman–Crippen MR) is 102 cm³/mol. The van der Waals surface area contributed by atoms with Crippen molar-refractivity contribution < 1.29 is 5.11 Å². The molecule has 1 N–H and O–H groups in total. The molecule has 2 aliphatic rings. The molecule has 1 unspecified atom stereocenters. The molecule has 1 aliphatic heterocycles. The van der Waals surface area contributed by atoms with Gasteiger partial charge in [-0.25, -0.2) is 0 Å². The lowest BCUT2D eigenvalue weighted by atomic mass is 9.59. The van der Waals surface area contributed by atoms with Gasteiger partial charge in [-0.05, 0) is 66.9 Å². The molecule has 0 saturated carbocycles. The zero-order valence-corrected chi connectivity index (χ0v) is 15.9. The summed E-state index contributed by atoms with van der Waals surface area (Å²) in [6, 6.07) is 6.74. The molecule has 1 aliphatic carbocycles. The molecular formula is C22H35NO. The zero-order valence-electron chi connectivity index (χ0n) is 15.9. The number of fused-ring (bicyclic) bond motifs is 4. The molecule has 24 heavy (non-hydrogen) atoms. The van der Waals surface area contributed by atoms with Crippen molar-refractivity contribution in [3.05, 3.63) is 29.3 Å². The molecule has 0 amide bonds. The maximum atomic E-state index is 9.93. The fourth-order valence-corrected chi connectivity index (χ4v) is 5.07. The number of hydrogen-bond acceptors (Lipinski definition) is 2. The number of rotatable bonds is 7. The Bertz CT molecular complexity index is 555. The minimum Gasteiger partial charge on any atom is -0.508 e. The van der Waals surface area contributed by atoms with E-state index in [9.17, 15) is 5.11 Å². The van der Waals surface area contributed by atoms with Crippen molar-refractivity contribution in [2.24, 2.45) is 5.92 Å². The molecule has 3 atom stereocenters. The summed E-state index contributed by atoms with van der Waals surface area (Å²) in [4.78, 5) is 2.77. The molecule has 3 rings (SSSR count). The zero-order chi connectivity index (χ0) is 17.2. The predicted octanol–water partition coefficient (Wildman–Crippen LogP) is 5.28. The van der Waals surface area contributed by atoms with Crippen LogP contribution in [0.2, 0.25) is 0 Å². The van der Waals surface area contributed by atoms with Crippen LogP contribution >= 0.6 is 0 Å². The third kappa shape index (κ3) is 3.35. The van der Waals surface area contributed by atoms with Crippen LogP contribution in [0, 0.1) is 5.92 Å². The summed E-state index contributed by atoms with van der Waals surface area (Å²) in [5, 5.41) is 9.93. The molecule has 1 aromatic carbocycles. The summed E-state index contributed by atoms with van der Waals surface area (Å²) in [5.74, 6) is 1.09. The smallest absolute Gasteiger partial charge is 0.115 e.